The quantitative estimate of drug-likeness (QED) is 0.0559. The van der Waals surface area contributed by atoms with Gasteiger partial charge in [-0.05, 0) is 66.0 Å². The lowest BCUT2D eigenvalue weighted by Crippen LogP contribution is -2.43. The number of carbonyl (C=O) groups is 5. The molecule has 0 heterocycles. The van der Waals surface area contributed by atoms with Gasteiger partial charge in [0.1, 0.15) is 29.1 Å². The van der Waals surface area contributed by atoms with Gasteiger partial charge in [0.2, 0.25) is 6.61 Å². The fourth-order valence-electron chi connectivity index (χ4n) is 3.20. The van der Waals surface area contributed by atoms with E-state index in [1.165, 1.54) is 45.0 Å². The minimum atomic E-state index is -1.34. The Labute approximate surface area is 241 Å². The van der Waals surface area contributed by atoms with Crippen molar-refractivity contribution in [3.8, 4) is 5.75 Å². The molecule has 1 aromatic carbocycles. The number of ether oxygens (including phenoxy) is 5. The zero-order chi connectivity index (χ0) is 31.8. The first-order valence-electron chi connectivity index (χ1n) is 12.7. The third-order valence-electron chi connectivity index (χ3n) is 5.71. The van der Waals surface area contributed by atoms with Crippen molar-refractivity contribution in [2.24, 2.45) is 16.6 Å². The van der Waals surface area contributed by atoms with Crippen molar-refractivity contribution < 1.29 is 57.3 Å². The fraction of sp³-hybridized carbons (Fsp3) is 0.577. The molecule has 0 aromatic heterocycles. The van der Waals surface area contributed by atoms with Crippen LogP contribution in [0.2, 0.25) is 0 Å². The number of benzene rings is 1. The molecule has 1 unspecified atom stereocenters. The van der Waals surface area contributed by atoms with E-state index in [4.69, 9.17) is 18.9 Å². The molecule has 0 aliphatic heterocycles. The Morgan fingerprint density at radius 2 is 1.43 bits per heavy atom. The van der Waals surface area contributed by atoms with Crippen molar-refractivity contribution in [3.05, 3.63) is 39.6 Å². The Hall–Kier alpha value is -4.63. The second-order valence-electron chi connectivity index (χ2n) is 9.90. The SMILES string of the molecule is CC(C(=O)OC(C)(C)CCCCON=O)C(C)(C)OC(=O)COC(=O)c1ccccc1OC(=O)COC(=O)CON=O. The first-order chi connectivity index (χ1) is 19.7. The van der Waals surface area contributed by atoms with E-state index in [2.05, 4.69) is 19.8 Å². The number of hydrogen-bond donors (Lipinski definition) is 0. The lowest BCUT2D eigenvalue weighted by Gasteiger charge is -2.33. The molecule has 232 valence electrons. The Morgan fingerprint density at radius 1 is 0.786 bits per heavy atom. The van der Waals surface area contributed by atoms with E-state index in [0.717, 1.165) is 0 Å². The van der Waals surface area contributed by atoms with Crippen LogP contribution >= 0.6 is 0 Å². The van der Waals surface area contributed by atoms with Gasteiger partial charge in [0, 0.05) is 0 Å². The van der Waals surface area contributed by atoms with Gasteiger partial charge in [-0.3, -0.25) is 4.79 Å². The minimum absolute atomic E-state index is 0.157. The second kappa shape index (κ2) is 17.2. The first-order valence-corrected chi connectivity index (χ1v) is 12.7. The first kappa shape index (κ1) is 35.4. The number of hydrogen-bond acceptors (Lipinski definition) is 16. The largest absolute Gasteiger partial charge is 0.459 e. The Bertz CT molecular complexity index is 1120. The number of rotatable bonds is 19. The maximum atomic E-state index is 12.8. The molecule has 42 heavy (non-hydrogen) atoms. The molecule has 0 saturated carbocycles. The van der Waals surface area contributed by atoms with Crippen molar-refractivity contribution in [2.45, 2.75) is 65.1 Å². The van der Waals surface area contributed by atoms with Crippen molar-refractivity contribution in [3.63, 3.8) is 0 Å². The molecule has 1 rings (SSSR count). The molecule has 16 heteroatoms. The van der Waals surface area contributed by atoms with Gasteiger partial charge in [0.05, 0.1) is 5.92 Å². The Morgan fingerprint density at radius 3 is 2.10 bits per heavy atom. The summed E-state index contributed by atoms with van der Waals surface area (Å²) in [7, 11) is 0. The zero-order valence-electron chi connectivity index (χ0n) is 23.9. The van der Waals surface area contributed by atoms with E-state index in [0.29, 0.717) is 19.3 Å². The van der Waals surface area contributed by atoms with Crippen LogP contribution in [0.25, 0.3) is 0 Å². The van der Waals surface area contributed by atoms with Crippen LogP contribution in [0.15, 0.2) is 34.9 Å². The van der Waals surface area contributed by atoms with Gasteiger partial charge in [-0.15, -0.1) is 9.81 Å². The van der Waals surface area contributed by atoms with Crippen LogP contribution in [-0.4, -0.2) is 67.5 Å². The van der Waals surface area contributed by atoms with Crippen LogP contribution in [0.5, 0.6) is 5.75 Å². The number of para-hydroxylation sites is 1. The molecular formula is C26H34N2O14. The molecular weight excluding hydrogens is 564 g/mol. The van der Waals surface area contributed by atoms with Crippen LogP contribution in [0, 0.1) is 15.7 Å². The molecule has 0 amide bonds. The normalized spacial score (nSPS) is 11.7. The lowest BCUT2D eigenvalue weighted by molar-refractivity contribution is -0.180. The van der Waals surface area contributed by atoms with Gasteiger partial charge >= 0.3 is 29.8 Å². The number of esters is 5. The van der Waals surface area contributed by atoms with Crippen molar-refractivity contribution in [2.75, 3.05) is 26.4 Å². The van der Waals surface area contributed by atoms with Crippen LogP contribution in [0.1, 0.15) is 64.2 Å². The maximum absolute atomic E-state index is 12.8. The van der Waals surface area contributed by atoms with Gasteiger partial charge in [0.25, 0.3) is 0 Å². The van der Waals surface area contributed by atoms with E-state index >= 15 is 0 Å². The molecule has 0 aliphatic carbocycles. The number of nitrogens with zero attached hydrogens (tertiary/aromatic N) is 2. The van der Waals surface area contributed by atoms with E-state index in [9.17, 15) is 33.8 Å². The summed E-state index contributed by atoms with van der Waals surface area (Å²) < 4.78 is 25.5. The zero-order valence-corrected chi connectivity index (χ0v) is 23.9. The molecule has 1 aromatic rings. The summed E-state index contributed by atoms with van der Waals surface area (Å²) >= 11 is 0. The van der Waals surface area contributed by atoms with E-state index in [-0.39, 0.29) is 17.9 Å². The van der Waals surface area contributed by atoms with Crippen LogP contribution in [0.3, 0.4) is 0 Å². The van der Waals surface area contributed by atoms with Gasteiger partial charge < -0.3 is 33.4 Å². The minimum Gasteiger partial charge on any atom is -0.459 e. The summed E-state index contributed by atoms with van der Waals surface area (Å²) in [4.78, 5) is 89.2. The molecule has 0 spiro atoms. The average Bonchev–Trinajstić information content (AvgIpc) is 2.92. The van der Waals surface area contributed by atoms with E-state index in [1.807, 2.05) is 5.34 Å². The summed E-state index contributed by atoms with van der Waals surface area (Å²) in [5, 5.41) is 4.32. The summed E-state index contributed by atoms with van der Waals surface area (Å²) in [6.45, 7) is 5.65. The van der Waals surface area contributed by atoms with E-state index in [1.54, 1.807) is 13.8 Å². The number of carbonyl (C=O) groups excluding carboxylic acids is 5. The van der Waals surface area contributed by atoms with E-state index < -0.39 is 66.8 Å². The molecule has 0 saturated heterocycles. The van der Waals surface area contributed by atoms with Gasteiger partial charge in [-0.1, -0.05) is 12.1 Å². The van der Waals surface area contributed by atoms with Crippen molar-refractivity contribution >= 4 is 29.8 Å². The molecule has 16 nitrogen and oxygen atoms in total. The maximum Gasteiger partial charge on any atom is 0.349 e. The van der Waals surface area contributed by atoms with Gasteiger partial charge in [-0.2, -0.15) is 0 Å². The van der Waals surface area contributed by atoms with Crippen LogP contribution in [-0.2, 0) is 47.8 Å². The van der Waals surface area contributed by atoms with Gasteiger partial charge in [-0.25, -0.2) is 19.2 Å². The number of unbranched alkanes of at least 4 members (excludes halogenated alkanes) is 1. The highest BCUT2D eigenvalue weighted by Crippen LogP contribution is 2.27. The highest BCUT2D eigenvalue weighted by Gasteiger charge is 2.38. The summed E-state index contributed by atoms with van der Waals surface area (Å²) in [5.74, 6) is -5.84. The molecule has 0 aliphatic rings. The Balaban J connectivity index is 2.64. The molecule has 0 fully saturated rings. The highest BCUT2D eigenvalue weighted by atomic mass is 16.7. The predicted octanol–water partition coefficient (Wildman–Crippen LogP) is 3.14. The predicted molar refractivity (Wildman–Crippen MR) is 140 cm³/mol. The second-order valence-corrected chi connectivity index (χ2v) is 9.90. The smallest absolute Gasteiger partial charge is 0.349 e. The summed E-state index contributed by atoms with van der Waals surface area (Å²) in [6, 6.07) is 5.43. The van der Waals surface area contributed by atoms with Gasteiger partial charge in [0.15, 0.2) is 23.9 Å². The third-order valence-corrected chi connectivity index (χ3v) is 5.71. The molecule has 0 radical (unpaired) electrons. The van der Waals surface area contributed by atoms with Crippen molar-refractivity contribution in [1.29, 1.82) is 0 Å². The Kier molecular flexibility index (Phi) is 14.5. The summed E-state index contributed by atoms with van der Waals surface area (Å²) in [6.07, 6.45) is 1.64. The fourth-order valence-corrected chi connectivity index (χ4v) is 3.20. The van der Waals surface area contributed by atoms with Crippen molar-refractivity contribution in [1.82, 2.24) is 0 Å². The molecule has 1 atom stereocenters. The average molecular weight is 599 g/mol. The summed E-state index contributed by atoms with van der Waals surface area (Å²) in [5.41, 5.74) is -2.39. The molecule has 0 N–H and O–H groups in total. The van der Waals surface area contributed by atoms with Crippen LogP contribution in [0.4, 0.5) is 0 Å². The molecule has 0 bridgehead atoms. The topological polar surface area (TPSA) is 209 Å². The lowest BCUT2D eigenvalue weighted by atomic mass is 9.92. The third kappa shape index (κ3) is 13.1. The monoisotopic (exact) mass is 598 g/mol. The highest BCUT2D eigenvalue weighted by molar-refractivity contribution is 5.94. The standard InChI is InChI=1S/C26H34N2O14/c1-17(23(32)42-25(2,3)12-8-9-13-38-27-34)26(4,5)41-22(31)15-37-24(33)18-10-6-7-11-19(18)40-21(30)14-36-20(29)16-39-28-35/h6-7,10-11,17H,8-9,12-16H2,1-5H3. The van der Waals surface area contributed by atoms with Crippen LogP contribution < -0.4 is 4.74 Å².